The van der Waals surface area contributed by atoms with Crippen molar-refractivity contribution >= 4 is 28.9 Å². The van der Waals surface area contributed by atoms with Crippen molar-refractivity contribution in [2.45, 2.75) is 0 Å². The predicted molar refractivity (Wildman–Crippen MR) is 75.0 cm³/mol. The second kappa shape index (κ2) is 5.98. The van der Waals surface area contributed by atoms with Crippen LogP contribution in [0.2, 0.25) is 5.15 Å². The Labute approximate surface area is 123 Å². The molecule has 1 N–H and O–H groups in total. The first-order valence-electron chi connectivity index (χ1n) is 5.62. The summed E-state index contributed by atoms with van der Waals surface area (Å²) in [5.41, 5.74) is 0.210. The molecule has 7 nitrogen and oxygen atoms in total. The lowest BCUT2D eigenvalue weighted by Gasteiger charge is -2.06. The number of hydrogen-bond donors (Lipinski definition) is 1. The fraction of sp³-hybridized carbons (Fsp3) is 0. The zero-order valence-electron chi connectivity index (χ0n) is 10.4. The maximum atomic E-state index is 12.0. The Morgan fingerprint density at radius 2 is 2.14 bits per heavy atom. The van der Waals surface area contributed by atoms with E-state index in [0.717, 1.165) is 6.07 Å². The zero-order valence-corrected chi connectivity index (χ0v) is 11.2. The first kappa shape index (κ1) is 14.4. The first-order chi connectivity index (χ1) is 10.0. The molecule has 2 aromatic rings. The number of nitro benzene ring substituents is 1. The van der Waals surface area contributed by atoms with E-state index in [1.165, 1.54) is 30.5 Å². The van der Waals surface area contributed by atoms with Crippen LogP contribution in [0.3, 0.4) is 0 Å². The third kappa shape index (κ3) is 3.32. The second-order valence-corrected chi connectivity index (χ2v) is 4.31. The molecule has 0 saturated carbocycles. The number of benzene rings is 1. The highest BCUT2D eigenvalue weighted by Crippen LogP contribution is 2.22. The van der Waals surface area contributed by atoms with Gasteiger partial charge in [0.05, 0.1) is 21.7 Å². The summed E-state index contributed by atoms with van der Waals surface area (Å²) in [7, 11) is 0. The lowest BCUT2D eigenvalue weighted by Crippen LogP contribution is -2.13. The van der Waals surface area contributed by atoms with Crippen LogP contribution >= 0.6 is 11.6 Å². The lowest BCUT2D eigenvalue weighted by atomic mass is 10.1. The fourth-order valence-corrected chi connectivity index (χ4v) is 1.66. The average molecular weight is 303 g/mol. The second-order valence-electron chi connectivity index (χ2n) is 3.92. The van der Waals surface area contributed by atoms with Crippen LogP contribution in [0.5, 0.6) is 0 Å². The minimum absolute atomic E-state index is 0.000488. The molecule has 0 saturated heterocycles. The molecule has 0 radical (unpaired) electrons. The van der Waals surface area contributed by atoms with Crippen LogP contribution in [-0.2, 0) is 0 Å². The lowest BCUT2D eigenvalue weighted by molar-refractivity contribution is -0.384. The highest BCUT2D eigenvalue weighted by molar-refractivity contribution is 6.29. The van der Waals surface area contributed by atoms with Crippen LogP contribution < -0.4 is 5.32 Å². The van der Waals surface area contributed by atoms with E-state index in [1.807, 2.05) is 0 Å². The van der Waals surface area contributed by atoms with Gasteiger partial charge in [0.1, 0.15) is 11.2 Å². The maximum absolute atomic E-state index is 12.0. The number of nitrogens with one attached hydrogen (secondary N) is 1. The molecule has 1 amide bonds. The van der Waals surface area contributed by atoms with Crippen molar-refractivity contribution in [1.82, 2.24) is 4.98 Å². The third-order valence-corrected chi connectivity index (χ3v) is 2.80. The van der Waals surface area contributed by atoms with Gasteiger partial charge in [-0.05, 0) is 18.2 Å². The quantitative estimate of drug-likeness (QED) is 0.532. The van der Waals surface area contributed by atoms with Gasteiger partial charge in [-0.1, -0.05) is 11.6 Å². The van der Waals surface area contributed by atoms with E-state index < -0.39 is 10.8 Å². The number of halogens is 1. The van der Waals surface area contributed by atoms with Crippen molar-refractivity contribution in [3.63, 3.8) is 0 Å². The van der Waals surface area contributed by atoms with E-state index in [2.05, 4.69) is 10.3 Å². The van der Waals surface area contributed by atoms with E-state index in [4.69, 9.17) is 16.9 Å². The zero-order chi connectivity index (χ0) is 15.4. The van der Waals surface area contributed by atoms with Gasteiger partial charge in [0, 0.05) is 18.3 Å². The van der Waals surface area contributed by atoms with Gasteiger partial charge in [-0.15, -0.1) is 0 Å². The summed E-state index contributed by atoms with van der Waals surface area (Å²) in [6.07, 6.45) is 1.29. The summed E-state index contributed by atoms with van der Waals surface area (Å²) >= 11 is 5.62. The molecule has 0 fully saturated rings. The summed E-state index contributed by atoms with van der Waals surface area (Å²) in [5.74, 6) is -0.496. The van der Waals surface area contributed by atoms with Crippen LogP contribution in [0.4, 0.5) is 11.4 Å². The largest absolute Gasteiger partial charge is 0.321 e. The molecule has 1 aromatic heterocycles. The van der Waals surface area contributed by atoms with Gasteiger partial charge >= 0.3 is 0 Å². The fourth-order valence-electron chi connectivity index (χ4n) is 1.55. The number of non-ortho nitro benzene ring substituents is 1. The monoisotopic (exact) mass is 302 g/mol. The third-order valence-electron chi connectivity index (χ3n) is 2.57. The number of hydrogen-bond acceptors (Lipinski definition) is 5. The van der Waals surface area contributed by atoms with Gasteiger partial charge in [0.15, 0.2) is 0 Å². The Balaban J connectivity index is 2.27. The van der Waals surface area contributed by atoms with Crippen molar-refractivity contribution in [3.05, 3.63) is 62.9 Å². The molecule has 0 unspecified atom stereocenters. The Kier molecular flexibility index (Phi) is 4.11. The molecule has 2 rings (SSSR count). The van der Waals surface area contributed by atoms with E-state index in [-0.39, 0.29) is 27.7 Å². The minimum Gasteiger partial charge on any atom is -0.321 e. The molecular weight excluding hydrogens is 296 g/mol. The van der Waals surface area contributed by atoms with E-state index in [1.54, 1.807) is 6.07 Å². The molecule has 104 valence electrons. The van der Waals surface area contributed by atoms with Gasteiger partial charge < -0.3 is 5.32 Å². The van der Waals surface area contributed by atoms with Gasteiger partial charge in [-0.3, -0.25) is 14.9 Å². The van der Waals surface area contributed by atoms with E-state index in [0.29, 0.717) is 0 Å². The smallest absolute Gasteiger partial charge is 0.270 e. The normalized spacial score (nSPS) is 9.71. The van der Waals surface area contributed by atoms with E-state index >= 15 is 0 Å². The van der Waals surface area contributed by atoms with Crippen molar-refractivity contribution in [2.24, 2.45) is 0 Å². The summed E-state index contributed by atoms with van der Waals surface area (Å²) in [6.45, 7) is 0. The van der Waals surface area contributed by atoms with Crippen molar-refractivity contribution < 1.29 is 9.72 Å². The molecule has 0 spiro atoms. The number of nitrogens with zero attached hydrogens (tertiary/aromatic N) is 3. The Morgan fingerprint density at radius 3 is 2.71 bits per heavy atom. The maximum Gasteiger partial charge on any atom is 0.270 e. The Morgan fingerprint density at radius 1 is 1.38 bits per heavy atom. The number of carbonyl (C=O) groups is 1. The van der Waals surface area contributed by atoms with Crippen molar-refractivity contribution in [3.8, 4) is 6.07 Å². The highest BCUT2D eigenvalue weighted by Gasteiger charge is 2.13. The molecule has 8 heteroatoms. The topological polar surface area (TPSA) is 109 Å². The molecular formula is C13H7ClN4O3. The number of pyridine rings is 1. The molecule has 0 bridgehead atoms. The molecule has 21 heavy (non-hydrogen) atoms. The molecule has 0 aliphatic rings. The summed E-state index contributed by atoms with van der Waals surface area (Å²) < 4.78 is 0. The Hall–Kier alpha value is -2.98. The molecule has 1 aromatic carbocycles. The number of nitro groups is 1. The van der Waals surface area contributed by atoms with Crippen LogP contribution in [0.15, 0.2) is 36.5 Å². The van der Waals surface area contributed by atoms with Crippen LogP contribution in [0, 0.1) is 21.4 Å². The van der Waals surface area contributed by atoms with Crippen LogP contribution in [0.25, 0.3) is 0 Å². The minimum atomic E-state index is -0.616. The number of rotatable bonds is 3. The van der Waals surface area contributed by atoms with Crippen LogP contribution in [-0.4, -0.2) is 15.8 Å². The Bertz CT molecular complexity index is 753. The van der Waals surface area contributed by atoms with Gasteiger partial charge in [-0.2, -0.15) is 5.26 Å². The standard InChI is InChI=1S/C13H7ClN4O3/c14-12-4-1-8(7-16-12)13(19)17-11-3-2-10(18(20)21)5-9(11)6-15/h1-5,7H,(H,17,19). The SMILES string of the molecule is N#Cc1cc([N+](=O)[O-])ccc1NC(=O)c1ccc(Cl)nc1. The van der Waals surface area contributed by atoms with Crippen LogP contribution in [0.1, 0.15) is 15.9 Å². The summed E-state index contributed by atoms with van der Waals surface area (Å²) in [4.78, 5) is 25.8. The predicted octanol–water partition coefficient (Wildman–Crippen LogP) is 2.77. The number of nitriles is 1. The van der Waals surface area contributed by atoms with Gasteiger partial charge in [-0.25, -0.2) is 4.98 Å². The molecule has 0 aliphatic carbocycles. The van der Waals surface area contributed by atoms with Gasteiger partial charge in [0.25, 0.3) is 11.6 Å². The number of amides is 1. The van der Waals surface area contributed by atoms with Gasteiger partial charge in [0.2, 0.25) is 0 Å². The number of anilines is 1. The molecule has 0 aliphatic heterocycles. The molecule has 1 heterocycles. The summed E-state index contributed by atoms with van der Waals surface area (Å²) in [6, 6.07) is 8.33. The highest BCUT2D eigenvalue weighted by atomic mass is 35.5. The first-order valence-corrected chi connectivity index (χ1v) is 6.00. The van der Waals surface area contributed by atoms with Crippen molar-refractivity contribution in [2.75, 3.05) is 5.32 Å². The van der Waals surface area contributed by atoms with Crippen molar-refractivity contribution in [1.29, 1.82) is 5.26 Å². The number of carbonyl (C=O) groups excluding carboxylic acids is 1. The number of aromatic nitrogens is 1. The van der Waals surface area contributed by atoms with E-state index in [9.17, 15) is 14.9 Å². The molecule has 0 atom stereocenters. The average Bonchev–Trinajstić information content (AvgIpc) is 2.48. The summed E-state index contributed by atoms with van der Waals surface area (Å²) in [5, 5.41) is 22.4.